The summed E-state index contributed by atoms with van der Waals surface area (Å²) in [5.41, 5.74) is 12.6. The fraction of sp³-hybridized carbons (Fsp3) is 0.0417. The molecule has 0 unspecified atom stereocenters. The van der Waals surface area contributed by atoms with Crippen molar-refractivity contribution in [2.45, 2.75) is 13.8 Å². The van der Waals surface area contributed by atoms with Gasteiger partial charge < -0.3 is 4.57 Å². The highest BCUT2D eigenvalue weighted by Crippen LogP contribution is 2.42. The molecule has 7 aromatic carbocycles. The van der Waals surface area contributed by atoms with Gasteiger partial charge in [-0.1, -0.05) is 96.6 Å². The molecule has 2 amide bonds. The number of carbonyl (C=O) groups is 2. The van der Waals surface area contributed by atoms with Crippen LogP contribution in [0.2, 0.25) is 0 Å². The van der Waals surface area contributed by atoms with Crippen molar-refractivity contribution in [2.24, 2.45) is 0 Å². The highest BCUT2D eigenvalue weighted by atomic mass is 16.2. The smallest absolute Gasteiger partial charge is 0.268 e. The second-order valence-electron chi connectivity index (χ2n) is 13.6. The number of benzene rings is 7. The molecule has 54 heavy (non-hydrogen) atoms. The van der Waals surface area contributed by atoms with Gasteiger partial charge in [-0.2, -0.15) is 5.26 Å². The number of fused-ring (bicyclic) bond motifs is 4. The number of carbonyl (C=O) groups excluding carboxylic acids is 2. The molecule has 0 radical (unpaired) electrons. The Morgan fingerprint density at radius 1 is 0.556 bits per heavy atom. The van der Waals surface area contributed by atoms with Crippen LogP contribution >= 0.6 is 0 Å². The highest BCUT2D eigenvalue weighted by Gasteiger charge is 2.40. The number of rotatable bonds is 5. The fourth-order valence-electron chi connectivity index (χ4n) is 7.92. The molecular weight excluding hydrogens is 665 g/mol. The van der Waals surface area contributed by atoms with Crippen molar-refractivity contribution in [3.05, 3.63) is 185 Å². The van der Waals surface area contributed by atoms with Crippen molar-refractivity contribution in [1.82, 2.24) is 4.57 Å². The predicted octanol–water partition coefficient (Wildman–Crippen LogP) is 11.6. The first-order chi connectivity index (χ1) is 26.4. The van der Waals surface area contributed by atoms with Gasteiger partial charge in [0, 0.05) is 16.3 Å². The lowest BCUT2D eigenvalue weighted by molar-refractivity contribution is 0.0926. The summed E-state index contributed by atoms with van der Waals surface area (Å²) >= 11 is 0. The number of amides is 2. The lowest BCUT2D eigenvalue weighted by Crippen LogP contribution is -2.30. The molecule has 1 aromatic heterocycles. The summed E-state index contributed by atoms with van der Waals surface area (Å²) in [6.07, 6.45) is 0. The van der Waals surface area contributed by atoms with Crippen molar-refractivity contribution in [3.8, 4) is 45.1 Å². The van der Waals surface area contributed by atoms with Gasteiger partial charge in [-0.25, -0.2) is 9.74 Å². The average Bonchev–Trinajstić information content (AvgIpc) is 3.67. The molecule has 6 nitrogen and oxygen atoms in total. The Kier molecular flexibility index (Phi) is 7.55. The summed E-state index contributed by atoms with van der Waals surface area (Å²) < 4.78 is 2.09. The van der Waals surface area contributed by atoms with E-state index >= 15 is 0 Å². The maximum Gasteiger partial charge on any atom is 0.268 e. The van der Waals surface area contributed by atoms with Crippen LogP contribution in [0, 0.1) is 31.8 Å². The molecular formula is C48H30N4O2. The van der Waals surface area contributed by atoms with E-state index in [4.69, 9.17) is 6.57 Å². The van der Waals surface area contributed by atoms with Crippen LogP contribution in [0.1, 0.15) is 37.4 Å². The molecule has 0 N–H and O–H groups in total. The summed E-state index contributed by atoms with van der Waals surface area (Å²) in [4.78, 5) is 33.9. The zero-order valence-corrected chi connectivity index (χ0v) is 29.5. The molecule has 0 fully saturated rings. The fourth-order valence-corrected chi connectivity index (χ4v) is 7.92. The van der Waals surface area contributed by atoms with Crippen LogP contribution in [-0.4, -0.2) is 16.4 Å². The topological polar surface area (TPSA) is 70.5 Å². The Morgan fingerprint density at radius 2 is 1.17 bits per heavy atom. The zero-order chi connectivity index (χ0) is 37.1. The van der Waals surface area contributed by atoms with E-state index in [1.807, 2.05) is 117 Å². The molecule has 6 heteroatoms. The van der Waals surface area contributed by atoms with Crippen molar-refractivity contribution in [2.75, 3.05) is 4.90 Å². The van der Waals surface area contributed by atoms with E-state index in [2.05, 4.69) is 51.9 Å². The van der Waals surface area contributed by atoms with Crippen LogP contribution < -0.4 is 4.90 Å². The Morgan fingerprint density at radius 3 is 1.81 bits per heavy atom. The molecule has 8 aromatic rings. The van der Waals surface area contributed by atoms with E-state index in [0.717, 1.165) is 66.3 Å². The third kappa shape index (κ3) is 5.01. The van der Waals surface area contributed by atoms with Crippen LogP contribution in [0.25, 0.3) is 65.7 Å². The standard InChI is InChI=1S/C48H30N4O2/c1-29-24-31(28-49)16-20-36(29)33-17-22-43-40(26-33)41-27-34(37-21-19-35(50-3)25-30(37)2)18-23-44(41)51(43)45-15-9-13-39-46(45)48(54)52(47(39)53)42-14-8-7-12-38(42)32-10-5-4-6-11-32/h4-27H,1-2H3. The van der Waals surface area contributed by atoms with E-state index in [1.54, 1.807) is 6.07 Å². The minimum Gasteiger partial charge on any atom is -0.308 e. The van der Waals surface area contributed by atoms with E-state index in [0.29, 0.717) is 33.8 Å². The largest absolute Gasteiger partial charge is 0.308 e. The molecule has 0 saturated carbocycles. The molecule has 0 bridgehead atoms. The Balaban J connectivity index is 1.27. The van der Waals surface area contributed by atoms with Crippen LogP contribution in [0.3, 0.4) is 0 Å². The Hall–Kier alpha value is -7.54. The number of para-hydroxylation sites is 1. The molecule has 0 spiro atoms. The highest BCUT2D eigenvalue weighted by molar-refractivity contribution is 6.36. The number of anilines is 1. The summed E-state index contributed by atoms with van der Waals surface area (Å²) in [7, 11) is 0. The molecule has 2 heterocycles. The Labute approximate surface area is 312 Å². The monoisotopic (exact) mass is 694 g/mol. The van der Waals surface area contributed by atoms with Crippen LogP contribution in [-0.2, 0) is 0 Å². The Bertz CT molecular complexity index is 2860. The van der Waals surface area contributed by atoms with Gasteiger partial charge in [0.25, 0.3) is 11.8 Å². The van der Waals surface area contributed by atoms with Gasteiger partial charge in [-0.05, 0) is 102 Å². The molecule has 1 aliphatic rings. The quantitative estimate of drug-likeness (QED) is 0.133. The normalized spacial score (nSPS) is 12.3. The molecule has 1 aliphatic heterocycles. The van der Waals surface area contributed by atoms with Crippen LogP contribution in [0.5, 0.6) is 0 Å². The van der Waals surface area contributed by atoms with Gasteiger partial charge >= 0.3 is 0 Å². The summed E-state index contributed by atoms with van der Waals surface area (Å²) in [6.45, 7) is 11.5. The molecule has 9 rings (SSSR count). The first-order valence-corrected chi connectivity index (χ1v) is 17.6. The third-order valence-electron chi connectivity index (χ3n) is 10.4. The number of aromatic nitrogens is 1. The van der Waals surface area contributed by atoms with Gasteiger partial charge in [0.15, 0.2) is 5.69 Å². The maximum atomic E-state index is 14.7. The van der Waals surface area contributed by atoms with E-state index in [9.17, 15) is 14.9 Å². The molecule has 0 atom stereocenters. The minimum atomic E-state index is -0.374. The first-order valence-electron chi connectivity index (χ1n) is 17.6. The first kappa shape index (κ1) is 32.4. The summed E-state index contributed by atoms with van der Waals surface area (Å²) in [6, 6.07) is 49.1. The number of hydrogen-bond donors (Lipinski definition) is 0. The third-order valence-corrected chi connectivity index (χ3v) is 10.4. The van der Waals surface area contributed by atoms with Crippen LogP contribution in [0.4, 0.5) is 11.4 Å². The number of hydrogen-bond acceptors (Lipinski definition) is 3. The predicted molar refractivity (Wildman–Crippen MR) is 215 cm³/mol. The van der Waals surface area contributed by atoms with Crippen molar-refractivity contribution in [3.63, 3.8) is 0 Å². The van der Waals surface area contributed by atoms with E-state index < -0.39 is 0 Å². The van der Waals surface area contributed by atoms with E-state index in [-0.39, 0.29) is 11.8 Å². The maximum absolute atomic E-state index is 14.7. The molecule has 0 aliphatic carbocycles. The second-order valence-corrected chi connectivity index (χ2v) is 13.6. The van der Waals surface area contributed by atoms with Gasteiger partial charge in [-0.3, -0.25) is 9.59 Å². The number of nitriles is 1. The average molecular weight is 695 g/mol. The van der Waals surface area contributed by atoms with Gasteiger partial charge in [0.05, 0.1) is 51.7 Å². The summed E-state index contributed by atoms with van der Waals surface area (Å²) in [5.74, 6) is -0.735. The summed E-state index contributed by atoms with van der Waals surface area (Å²) in [5, 5.41) is 11.4. The van der Waals surface area contributed by atoms with E-state index in [1.165, 1.54) is 4.90 Å². The SMILES string of the molecule is [C-]#[N+]c1ccc(-c2ccc3c(c2)c2cc(-c4ccc(C#N)cc4C)ccc2n3-c2cccc3c2C(=O)N(c2ccccc2-c2ccccc2)C3=O)c(C)c1. The van der Waals surface area contributed by atoms with Crippen molar-refractivity contribution in [1.29, 1.82) is 5.26 Å². The lowest BCUT2D eigenvalue weighted by atomic mass is 9.96. The zero-order valence-electron chi connectivity index (χ0n) is 29.5. The molecule has 254 valence electrons. The number of aryl methyl sites for hydroxylation is 2. The van der Waals surface area contributed by atoms with Gasteiger partial charge in [0.1, 0.15) is 0 Å². The minimum absolute atomic E-state index is 0.353. The lowest BCUT2D eigenvalue weighted by Gasteiger charge is -2.18. The number of nitrogens with zero attached hydrogens (tertiary/aromatic N) is 4. The van der Waals surface area contributed by atoms with Gasteiger partial charge in [-0.15, -0.1) is 0 Å². The number of imide groups is 1. The molecule has 0 saturated heterocycles. The van der Waals surface area contributed by atoms with Gasteiger partial charge in [0.2, 0.25) is 0 Å². The second kappa shape index (κ2) is 12.6. The van der Waals surface area contributed by atoms with Crippen LogP contribution in [0.15, 0.2) is 146 Å². The van der Waals surface area contributed by atoms with Crippen molar-refractivity contribution >= 4 is 45.0 Å². The van der Waals surface area contributed by atoms with Crippen molar-refractivity contribution < 1.29 is 9.59 Å².